The molecular weight excluding hydrogens is 475 g/mol. The van der Waals surface area contributed by atoms with Gasteiger partial charge in [-0.15, -0.1) is 0 Å². The first-order valence-corrected chi connectivity index (χ1v) is 11.4. The number of carbonyl (C=O) groups is 2. The number of nitrogens with zero attached hydrogens (tertiary/aromatic N) is 2. The van der Waals surface area contributed by atoms with Gasteiger partial charge in [0.25, 0.3) is 0 Å². The number of rotatable bonds is 8. The van der Waals surface area contributed by atoms with Crippen molar-refractivity contribution in [3.8, 4) is 0 Å². The van der Waals surface area contributed by atoms with Crippen LogP contribution in [0.1, 0.15) is 25.8 Å². The van der Waals surface area contributed by atoms with Crippen LogP contribution in [0.5, 0.6) is 0 Å². The molecule has 3 amide bonds. The molecule has 0 unspecified atom stereocenters. The molecule has 186 valence electrons. The van der Waals surface area contributed by atoms with Crippen molar-refractivity contribution in [1.29, 1.82) is 0 Å². The summed E-state index contributed by atoms with van der Waals surface area (Å²) in [6, 6.07) is 12.1. The molecule has 0 saturated heterocycles. The van der Waals surface area contributed by atoms with Gasteiger partial charge in [0.1, 0.15) is 18.2 Å². The minimum Gasteiger partial charge on any atom is -0.447 e. The lowest BCUT2D eigenvalue weighted by Crippen LogP contribution is -2.48. The van der Waals surface area contributed by atoms with Crippen LogP contribution in [-0.4, -0.2) is 52.4 Å². The Balaban J connectivity index is 1.61. The Morgan fingerprint density at radius 1 is 1.23 bits per heavy atom. The molecule has 0 bridgehead atoms. The van der Waals surface area contributed by atoms with Crippen molar-refractivity contribution in [1.82, 2.24) is 15.2 Å². The zero-order valence-corrected chi connectivity index (χ0v) is 20.5. The van der Waals surface area contributed by atoms with E-state index in [-0.39, 0.29) is 25.4 Å². The van der Waals surface area contributed by atoms with E-state index >= 15 is 0 Å². The Morgan fingerprint density at radius 3 is 2.69 bits per heavy atom. The summed E-state index contributed by atoms with van der Waals surface area (Å²) in [5.74, 6) is -0.312. The lowest BCUT2D eigenvalue weighted by Gasteiger charge is -2.32. The molecule has 1 aromatic heterocycles. The Morgan fingerprint density at radius 2 is 1.97 bits per heavy atom. The number of aromatic nitrogens is 1. The summed E-state index contributed by atoms with van der Waals surface area (Å²) in [6.45, 7) is 3.23. The maximum atomic E-state index is 14.0. The molecule has 35 heavy (non-hydrogen) atoms. The van der Waals surface area contributed by atoms with E-state index in [1.165, 1.54) is 23.2 Å². The van der Waals surface area contributed by atoms with Crippen LogP contribution < -0.4 is 10.6 Å². The van der Waals surface area contributed by atoms with Crippen molar-refractivity contribution in [2.24, 2.45) is 0 Å². The van der Waals surface area contributed by atoms with Crippen LogP contribution in [0.2, 0.25) is 5.02 Å². The summed E-state index contributed by atoms with van der Waals surface area (Å²) in [7, 11) is 1.55. The normalized spacial score (nSPS) is 12.2. The van der Waals surface area contributed by atoms with E-state index in [4.69, 9.17) is 16.3 Å². The zero-order valence-electron chi connectivity index (χ0n) is 19.7. The summed E-state index contributed by atoms with van der Waals surface area (Å²) < 4.78 is 19.3. The van der Waals surface area contributed by atoms with Crippen molar-refractivity contribution in [2.75, 3.05) is 19.0 Å². The van der Waals surface area contributed by atoms with Gasteiger partial charge in [-0.3, -0.25) is 5.32 Å². The number of halogens is 2. The van der Waals surface area contributed by atoms with Crippen LogP contribution in [0.15, 0.2) is 54.7 Å². The molecule has 0 fully saturated rings. The molecule has 0 saturated carbocycles. The largest absolute Gasteiger partial charge is 0.447 e. The lowest BCUT2D eigenvalue weighted by molar-refractivity contribution is 0.0277. The number of fused-ring (bicyclic) bond motifs is 1. The van der Waals surface area contributed by atoms with E-state index < -0.39 is 29.6 Å². The smallest absolute Gasteiger partial charge is 0.412 e. The standard InChI is InChI=1S/C25H28ClFN4O4/c1-25(2,34)12-18(31(3)23(32)29-14-17-7-4-5-9-20(17)26)15-35-24(33)30-22-11-19-16(13-28-22)8-6-10-21(19)27/h4-11,13,18,34H,12,14-15H2,1-3H3,(H,29,32)(H,28,30,33)/t18-/m0/s1. The zero-order chi connectivity index (χ0) is 25.6. The van der Waals surface area contributed by atoms with Crippen molar-refractivity contribution in [3.63, 3.8) is 0 Å². The predicted molar refractivity (Wildman–Crippen MR) is 133 cm³/mol. The molecule has 0 spiro atoms. The van der Waals surface area contributed by atoms with Gasteiger partial charge in [0.05, 0.1) is 11.6 Å². The van der Waals surface area contributed by atoms with Crippen LogP contribution in [0.4, 0.5) is 19.8 Å². The molecule has 10 heteroatoms. The van der Waals surface area contributed by atoms with Gasteiger partial charge in [-0.1, -0.05) is 41.9 Å². The molecule has 3 rings (SSSR count). The van der Waals surface area contributed by atoms with E-state index in [2.05, 4.69) is 15.6 Å². The van der Waals surface area contributed by atoms with Gasteiger partial charge in [-0.2, -0.15) is 0 Å². The van der Waals surface area contributed by atoms with Crippen LogP contribution in [0, 0.1) is 5.82 Å². The molecule has 8 nitrogen and oxygen atoms in total. The van der Waals surface area contributed by atoms with E-state index in [9.17, 15) is 19.1 Å². The number of ether oxygens (including phenoxy) is 1. The number of carbonyl (C=O) groups excluding carboxylic acids is 2. The Bertz CT molecular complexity index is 1200. The van der Waals surface area contributed by atoms with Crippen molar-refractivity contribution in [3.05, 3.63) is 71.1 Å². The van der Waals surface area contributed by atoms with Gasteiger partial charge < -0.3 is 20.1 Å². The minimum absolute atomic E-state index is 0.123. The number of benzene rings is 2. The highest BCUT2D eigenvalue weighted by Gasteiger charge is 2.28. The van der Waals surface area contributed by atoms with Crippen LogP contribution in [0.3, 0.4) is 0 Å². The Labute approximate surface area is 208 Å². The highest BCUT2D eigenvalue weighted by Crippen LogP contribution is 2.20. The fourth-order valence-corrected chi connectivity index (χ4v) is 3.70. The van der Waals surface area contributed by atoms with Gasteiger partial charge in [0.2, 0.25) is 0 Å². The maximum Gasteiger partial charge on any atom is 0.412 e. The van der Waals surface area contributed by atoms with Gasteiger partial charge in [-0.25, -0.2) is 19.0 Å². The number of pyridine rings is 1. The predicted octanol–water partition coefficient (Wildman–Crippen LogP) is 4.95. The van der Waals surface area contributed by atoms with E-state index in [1.54, 1.807) is 51.2 Å². The molecule has 2 aromatic carbocycles. The molecule has 3 N–H and O–H groups in total. The summed E-state index contributed by atoms with van der Waals surface area (Å²) in [5.41, 5.74) is -0.371. The molecule has 0 radical (unpaired) electrons. The molecule has 1 atom stereocenters. The Hall–Kier alpha value is -3.43. The minimum atomic E-state index is -1.13. The fraction of sp³-hybridized carbons (Fsp3) is 0.320. The van der Waals surface area contributed by atoms with Gasteiger partial charge in [0.15, 0.2) is 0 Å². The highest BCUT2D eigenvalue weighted by atomic mass is 35.5. The lowest BCUT2D eigenvalue weighted by atomic mass is 9.99. The summed E-state index contributed by atoms with van der Waals surface area (Å²) in [5, 5.41) is 17.0. The molecule has 0 aliphatic rings. The van der Waals surface area contributed by atoms with E-state index in [1.807, 2.05) is 6.07 Å². The van der Waals surface area contributed by atoms with Crippen molar-refractivity contribution < 1.29 is 23.8 Å². The second kappa shape index (κ2) is 11.3. The Kier molecular flexibility index (Phi) is 8.48. The first-order chi connectivity index (χ1) is 16.5. The summed E-state index contributed by atoms with van der Waals surface area (Å²) >= 11 is 6.14. The SMILES string of the molecule is CN(C(=O)NCc1ccccc1Cl)[C@H](COC(=O)Nc1cc2c(F)cccc2cn1)CC(C)(C)O. The van der Waals surface area contributed by atoms with Crippen molar-refractivity contribution >= 4 is 40.3 Å². The quantitative estimate of drug-likeness (QED) is 0.404. The monoisotopic (exact) mass is 502 g/mol. The topological polar surface area (TPSA) is 104 Å². The molecular formula is C25H28ClFN4O4. The number of aliphatic hydroxyl groups is 1. The number of nitrogens with one attached hydrogen (secondary N) is 2. The second-order valence-electron chi connectivity index (χ2n) is 8.79. The molecule has 0 aliphatic heterocycles. The number of hydrogen-bond donors (Lipinski definition) is 3. The molecule has 1 heterocycles. The third-order valence-corrected chi connectivity index (χ3v) is 5.71. The number of urea groups is 1. The first kappa shape index (κ1) is 26.2. The van der Waals surface area contributed by atoms with E-state index in [0.29, 0.717) is 15.8 Å². The fourth-order valence-electron chi connectivity index (χ4n) is 3.50. The average Bonchev–Trinajstić information content (AvgIpc) is 2.80. The highest BCUT2D eigenvalue weighted by molar-refractivity contribution is 6.31. The van der Waals surface area contributed by atoms with Crippen molar-refractivity contribution in [2.45, 2.75) is 38.5 Å². The average molecular weight is 503 g/mol. The number of amides is 3. The number of likely N-dealkylation sites (N-methyl/N-ethyl adjacent to an activating group) is 1. The van der Waals surface area contributed by atoms with Gasteiger partial charge in [-0.05, 0) is 44.0 Å². The molecule has 0 aliphatic carbocycles. The van der Waals surface area contributed by atoms with Crippen LogP contribution in [-0.2, 0) is 11.3 Å². The summed E-state index contributed by atoms with van der Waals surface area (Å²) in [4.78, 5) is 30.6. The molecule has 3 aromatic rings. The third kappa shape index (κ3) is 7.53. The van der Waals surface area contributed by atoms with Crippen LogP contribution >= 0.6 is 11.6 Å². The third-order valence-electron chi connectivity index (χ3n) is 5.34. The van der Waals surface area contributed by atoms with Crippen LogP contribution in [0.25, 0.3) is 10.8 Å². The maximum absolute atomic E-state index is 14.0. The van der Waals surface area contributed by atoms with E-state index in [0.717, 1.165) is 5.56 Å². The van der Waals surface area contributed by atoms with Gasteiger partial charge in [0, 0.05) is 35.6 Å². The summed E-state index contributed by atoms with van der Waals surface area (Å²) in [6.07, 6.45) is 0.775. The number of anilines is 1. The number of hydrogen-bond acceptors (Lipinski definition) is 5. The second-order valence-corrected chi connectivity index (χ2v) is 9.19. The van der Waals surface area contributed by atoms with Gasteiger partial charge >= 0.3 is 12.1 Å². The first-order valence-electron chi connectivity index (χ1n) is 11.0.